The fraction of sp³-hybridized carbons (Fsp3) is 0.562. The number of hydrogen-bond acceptors (Lipinski definition) is 4. The molecule has 3 heterocycles. The molecule has 1 spiro atoms. The Morgan fingerprint density at radius 3 is 3.14 bits per heavy atom. The molecule has 0 radical (unpaired) electrons. The van der Waals surface area contributed by atoms with Crippen molar-refractivity contribution in [1.29, 1.82) is 0 Å². The Hall–Kier alpha value is -1.66. The van der Waals surface area contributed by atoms with Gasteiger partial charge in [0, 0.05) is 38.0 Å². The summed E-state index contributed by atoms with van der Waals surface area (Å²) < 4.78 is 25.2. The number of nitrogens with zero attached hydrogens (tertiary/aromatic N) is 2. The van der Waals surface area contributed by atoms with Crippen LogP contribution >= 0.6 is 0 Å². The summed E-state index contributed by atoms with van der Waals surface area (Å²) in [6.45, 7) is 2.56. The van der Waals surface area contributed by atoms with E-state index in [-0.39, 0.29) is 17.8 Å². The van der Waals surface area contributed by atoms with Gasteiger partial charge >= 0.3 is 0 Å². The first-order valence-corrected chi connectivity index (χ1v) is 7.65. The first-order chi connectivity index (χ1) is 10.6. The number of ether oxygens (including phenoxy) is 2. The van der Waals surface area contributed by atoms with Gasteiger partial charge in [0.1, 0.15) is 11.6 Å². The van der Waals surface area contributed by atoms with Crippen LogP contribution in [0.4, 0.5) is 4.39 Å². The second kappa shape index (κ2) is 4.93. The van der Waals surface area contributed by atoms with Crippen LogP contribution in [0.25, 0.3) is 0 Å². The van der Waals surface area contributed by atoms with Gasteiger partial charge in [0.05, 0.1) is 19.8 Å². The summed E-state index contributed by atoms with van der Waals surface area (Å²) in [5.41, 5.74) is 0.132. The molecule has 22 heavy (non-hydrogen) atoms. The van der Waals surface area contributed by atoms with Crippen LogP contribution in [0.3, 0.4) is 0 Å². The summed E-state index contributed by atoms with van der Waals surface area (Å²) in [5.74, 6) is 0.556. The van der Waals surface area contributed by atoms with Gasteiger partial charge in [0.15, 0.2) is 5.72 Å². The minimum atomic E-state index is -0.466. The summed E-state index contributed by atoms with van der Waals surface area (Å²) in [6.07, 6.45) is 1.26. The number of rotatable bonds is 3. The monoisotopic (exact) mass is 306 g/mol. The lowest BCUT2D eigenvalue weighted by atomic mass is 10.1. The van der Waals surface area contributed by atoms with E-state index < -0.39 is 5.72 Å². The molecule has 3 fully saturated rings. The molecule has 118 valence electrons. The third-order valence-electron chi connectivity index (χ3n) is 5.14. The van der Waals surface area contributed by atoms with Crippen LogP contribution in [0.1, 0.15) is 18.4 Å². The van der Waals surface area contributed by atoms with Gasteiger partial charge in [0.2, 0.25) is 5.91 Å². The molecule has 0 bridgehead atoms. The molecular formula is C16H19FN2O3. The summed E-state index contributed by atoms with van der Waals surface area (Å²) >= 11 is 0. The van der Waals surface area contributed by atoms with Gasteiger partial charge in [-0.25, -0.2) is 4.39 Å². The highest BCUT2D eigenvalue weighted by molar-refractivity contribution is 5.81. The second-order valence-electron chi connectivity index (χ2n) is 6.14. The minimum absolute atomic E-state index is 0.0214. The van der Waals surface area contributed by atoms with Crippen molar-refractivity contribution in [2.24, 2.45) is 0 Å². The Balaban J connectivity index is 1.59. The van der Waals surface area contributed by atoms with Crippen LogP contribution in [0.15, 0.2) is 18.2 Å². The number of halogens is 1. The van der Waals surface area contributed by atoms with E-state index in [0.29, 0.717) is 37.4 Å². The molecule has 0 saturated carbocycles. The Morgan fingerprint density at radius 2 is 2.32 bits per heavy atom. The van der Waals surface area contributed by atoms with E-state index >= 15 is 0 Å². The van der Waals surface area contributed by atoms with Gasteiger partial charge in [-0.3, -0.25) is 9.69 Å². The van der Waals surface area contributed by atoms with Gasteiger partial charge in [-0.15, -0.1) is 0 Å². The molecule has 0 unspecified atom stereocenters. The lowest BCUT2D eigenvalue weighted by Gasteiger charge is -2.31. The molecule has 3 aliphatic heterocycles. The number of benzene rings is 1. The quantitative estimate of drug-likeness (QED) is 0.846. The van der Waals surface area contributed by atoms with Crippen LogP contribution in [-0.4, -0.2) is 54.3 Å². The van der Waals surface area contributed by atoms with Crippen molar-refractivity contribution in [2.75, 3.05) is 26.8 Å². The first kappa shape index (κ1) is 14.0. The van der Waals surface area contributed by atoms with Crippen LogP contribution in [0.5, 0.6) is 5.75 Å². The van der Waals surface area contributed by atoms with Crippen molar-refractivity contribution in [2.45, 2.75) is 31.2 Å². The Morgan fingerprint density at radius 1 is 1.45 bits per heavy atom. The maximum atomic E-state index is 14.1. The van der Waals surface area contributed by atoms with E-state index in [1.54, 1.807) is 19.2 Å². The highest BCUT2D eigenvalue weighted by atomic mass is 19.1. The highest BCUT2D eigenvalue weighted by Crippen LogP contribution is 2.46. The third-order valence-corrected chi connectivity index (χ3v) is 5.14. The maximum Gasteiger partial charge on any atom is 0.226 e. The zero-order chi connectivity index (χ0) is 15.3. The lowest BCUT2D eigenvalue weighted by Crippen LogP contribution is -2.47. The molecule has 1 aromatic carbocycles. The minimum Gasteiger partial charge on any atom is -0.497 e. The fourth-order valence-electron chi connectivity index (χ4n) is 4.08. The fourth-order valence-corrected chi connectivity index (χ4v) is 4.08. The number of methoxy groups -OCH3 is 1. The van der Waals surface area contributed by atoms with Crippen molar-refractivity contribution in [3.63, 3.8) is 0 Å². The summed E-state index contributed by atoms with van der Waals surface area (Å²) in [4.78, 5) is 16.2. The van der Waals surface area contributed by atoms with E-state index in [9.17, 15) is 9.18 Å². The first-order valence-electron chi connectivity index (χ1n) is 7.65. The standard InChI is InChI=1S/C16H19FN2O3/c1-21-12-2-3-13(17)11(8-12)10-18-5-4-16-14(18)9-15(20)19(16)6-7-22-16/h2-3,8,14H,4-7,9-10H2,1H3/t14-,16+/m1/s1. The highest BCUT2D eigenvalue weighted by Gasteiger charge is 2.61. The van der Waals surface area contributed by atoms with Gasteiger partial charge in [-0.2, -0.15) is 0 Å². The van der Waals surface area contributed by atoms with E-state index in [1.807, 2.05) is 4.90 Å². The van der Waals surface area contributed by atoms with Gasteiger partial charge in [-0.05, 0) is 18.2 Å². The molecule has 3 saturated heterocycles. The SMILES string of the molecule is COc1ccc(F)c(CN2CC[C@@]34OCCN3C(=O)C[C@@H]24)c1. The number of amides is 1. The molecule has 0 aromatic heterocycles. The number of carbonyl (C=O) groups is 1. The number of likely N-dealkylation sites (tertiary alicyclic amines) is 1. The molecule has 2 atom stereocenters. The van der Waals surface area contributed by atoms with Crippen molar-refractivity contribution in [3.8, 4) is 5.75 Å². The van der Waals surface area contributed by atoms with Crippen molar-refractivity contribution < 1.29 is 18.7 Å². The number of hydrogen-bond donors (Lipinski definition) is 0. The molecular weight excluding hydrogens is 287 g/mol. The van der Waals surface area contributed by atoms with Crippen molar-refractivity contribution in [3.05, 3.63) is 29.6 Å². The normalized spacial score (nSPS) is 30.7. The van der Waals surface area contributed by atoms with Crippen LogP contribution < -0.4 is 4.74 Å². The molecule has 6 heteroatoms. The average molecular weight is 306 g/mol. The van der Waals surface area contributed by atoms with Gasteiger partial charge < -0.3 is 14.4 Å². The van der Waals surface area contributed by atoms with E-state index in [1.165, 1.54) is 6.07 Å². The van der Waals surface area contributed by atoms with Crippen molar-refractivity contribution in [1.82, 2.24) is 9.80 Å². The van der Waals surface area contributed by atoms with Gasteiger partial charge in [0.25, 0.3) is 0 Å². The third kappa shape index (κ3) is 1.87. The van der Waals surface area contributed by atoms with E-state index in [4.69, 9.17) is 9.47 Å². The molecule has 0 aliphatic carbocycles. The largest absolute Gasteiger partial charge is 0.497 e. The van der Waals surface area contributed by atoms with E-state index in [2.05, 4.69) is 4.90 Å². The predicted molar refractivity (Wildman–Crippen MR) is 76.8 cm³/mol. The zero-order valence-corrected chi connectivity index (χ0v) is 12.5. The molecule has 1 amide bonds. The lowest BCUT2D eigenvalue weighted by molar-refractivity contribution is -0.136. The molecule has 1 aromatic rings. The van der Waals surface area contributed by atoms with Crippen LogP contribution in [-0.2, 0) is 16.1 Å². The van der Waals surface area contributed by atoms with Crippen LogP contribution in [0, 0.1) is 5.82 Å². The summed E-state index contributed by atoms with van der Waals surface area (Å²) in [5, 5.41) is 0. The maximum absolute atomic E-state index is 14.1. The van der Waals surface area contributed by atoms with Gasteiger partial charge in [-0.1, -0.05) is 0 Å². The summed E-state index contributed by atoms with van der Waals surface area (Å²) in [7, 11) is 1.57. The van der Waals surface area contributed by atoms with Crippen molar-refractivity contribution >= 4 is 5.91 Å². The predicted octanol–water partition coefficient (Wildman–Crippen LogP) is 1.37. The average Bonchev–Trinajstić information content (AvgIpc) is 3.14. The Kier molecular flexibility index (Phi) is 3.13. The molecule has 5 nitrogen and oxygen atoms in total. The molecule has 0 N–H and O–H groups in total. The topological polar surface area (TPSA) is 42.0 Å². The second-order valence-corrected chi connectivity index (χ2v) is 6.14. The number of carbonyl (C=O) groups excluding carboxylic acids is 1. The Labute approximate surface area is 128 Å². The van der Waals surface area contributed by atoms with Crippen LogP contribution in [0.2, 0.25) is 0 Å². The zero-order valence-electron chi connectivity index (χ0n) is 12.5. The Bertz CT molecular complexity index is 623. The summed E-state index contributed by atoms with van der Waals surface area (Å²) in [6, 6.07) is 4.79. The van der Waals surface area contributed by atoms with E-state index in [0.717, 1.165) is 13.0 Å². The smallest absolute Gasteiger partial charge is 0.226 e. The molecule has 3 aliphatic rings. The molecule has 4 rings (SSSR count).